The van der Waals surface area contributed by atoms with Gasteiger partial charge in [-0.05, 0) is 47.3 Å². The van der Waals surface area contributed by atoms with Crippen molar-refractivity contribution < 1.29 is 9.66 Å². The standard InChI is InChI=1S/C19H13ClN2O2/c20-15-12-10-14(11-13-15)19(23)17-8-4-5-9-18(17)22(24)21-16-6-2-1-3-7-16/h1-13H. The first kappa shape index (κ1) is 15.9. The van der Waals surface area contributed by atoms with Crippen LogP contribution in [0.1, 0.15) is 15.9 Å². The van der Waals surface area contributed by atoms with Crippen molar-refractivity contribution in [2.75, 3.05) is 0 Å². The fraction of sp³-hybridized carbons (Fsp3) is 0. The van der Waals surface area contributed by atoms with E-state index in [4.69, 9.17) is 11.6 Å². The van der Waals surface area contributed by atoms with Gasteiger partial charge in [0, 0.05) is 21.8 Å². The van der Waals surface area contributed by atoms with Crippen molar-refractivity contribution in [3.05, 3.63) is 100 Å². The first-order valence-electron chi connectivity index (χ1n) is 7.28. The summed E-state index contributed by atoms with van der Waals surface area (Å²) < 4.78 is 0. The van der Waals surface area contributed by atoms with Crippen LogP contribution in [0.5, 0.6) is 0 Å². The number of hydrogen-bond acceptors (Lipinski definition) is 3. The quantitative estimate of drug-likeness (QED) is 0.273. The molecule has 0 unspecified atom stereocenters. The summed E-state index contributed by atoms with van der Waals surface area (Å²) in [5, 5.41) is 16.9. The average molecular weight is 337 g/mol. The lowest BCUT2D eigenvalue weighted by Gasteiger charge is -2.06. The molecule has 0 aliphatic heterocycles. The minimum Gasteiger partial charge on any atom is -0.594 e. The molecule has 3 rings (SSSR count). The Morgan fingerprint density at radius 2 is 1.50 bits per heavy atom. The molecule has 0 aliphatic carbocycles. The van der Waals surface area contributed by atoms with E-state index in [0.717, 1.165) is 0 Å². The molecule has 5 heteroatoms. The van der Waals surface area contributed by atoms with Gasteiger partial charge in [-0.3, -0.25) is 4.79 Å². The average Bonchev–Trinajstić information content (AvgIpc) is 2.62. The van der Waals surface area contributed by atoms with Crippen LogP contribution in [-0.4, -0.2) is 10.6 Å². The highest BCUT2D eigenvalue weighted by Crippen LogP contribution is 2.24. The van der Waals surface area contributed by atoms with Crippen molar-refractivity contribution in [2.45, 2.75) is 0 Å². The van der Waals surface area contributed by atoms with Crippen LogP contribution < -0.4 is 0 Å². The molecule has 0 radical (unpaired) electrons. The smallest absolute Gasteiger partial charge is 0.256 e. The van der Waals surface area contributed by atoms with Crippen molar-refractivity contribution in [3.63, 3.8) is 0 Å². The van der Waals surface area contributed by atoms with Crippen LogP contribution in [-0.2, 0) is 0 Å². The number of benzene rings is 3. The van der Waals surface area contributed by atoms with Gasteiger partial charge in [0.25, 0.3) is 5.69 Å². The molecule has 0 bridgehead atoms. The molecule has 3 aromatic carbocycles. The molecular weight excluding hydrogens is 324 g/mol. The van der Waals surface area contributed by atoms with Crippen LogP contribution in [0.3, 0.4) is 0 Å². The van der Waals surface area contributed by atoms with E-state index in [1.807, 2.05) is 6.07 Å². The van der Waals surface area contributed by atoms with E-state index in [0.29, 0.717) is 21.1 Å². The van der Waals surface area contributed by atoms with Crippen molar-refractivity contribution >= 4 is 28.8 Å². The minimum atomic E-state index is -0.258. The molecule has 0 aromatic heterocycles. The van der Waals surface area contributed by atoms with Gasteiger partial charge in [-0.1, -0.05) is 41.9 Å². The monoisotopic (exact) mass is 336 g/mol. The number of halogens is 1. The summed E-state index contributed by atoms with van der Waals surface area (Å²) in [6.07, 6.45) is 0. The van der Waals surface area contributed by atoms with Gasteiger partial charge < -0.3 is 5.21 Å². The minimum absolute atomic E-state index is 0.196. The molecule has 0 spiro atoms. The van der Waals surface area contributed by atoms with Gasteiger partial charge in [0.2, 0.25) is 0 Å². The molecule has 4 nitrogen and oxygen atoms in total. The van der Waals surface area contributed by atoms with Crippen LogP contribution in [0.25, 0.3) is 0 Å². The zero-order chi connectivity index (χ0) is 16.9. The number of carbonyl (C=O) groups is 1. The van der Waals surface area contributed by atoms with Crippen LogP contribution in [0.4, 0.5) is 11.4 Å². The second-order valence-corrected chi connectivity index (χ2v) is 5.50. The Balaban J connectivity index is 2.00. The summed E-state index contributed by atoms with van der Waals surface area (Å²) in [4.78, 5) is 13.2. The Bertz CT molecular complexity index is 891. The largest absolute Gasteiger partial charge is 0.594 e. The maximum absolute atomic E-state index is 12.7. The van der Waals surface area contributed by atoms with Gasteiger partial charge >= 0.3 is 0 Å². The highest BCUT2D eigenvalue weighted by Gasteiger charge is 2.19. The van der Waals surface area contributed by atoms with E-state index in [9.17, 15) is 10.0 Å². The van der Waals surface area contributed by atoms with Crippen LogP contribution >= 0.6 is 11.6 Å². The molecule has 3 aromatic rings. The Morgan fingerprint density at radius 1 is 0.875 bits per heavy atom. The van der Waals surface area contributed by atoms with Gasteiger partial charge in [0.15, 0.2) is 5.78 Å². The van der Waals surface area contributed by atoms with Gasteiger partial charge in [-0.25, -0.2) is 0 Å². The molecule has 0 heterocycles. The summed E-state index contributed by atoms with van der Waals surface area (Å²) in [6.45, 7) is 0. The van der Waals surface area contributed by atoms with Crippen molar-refractivity contribution in [3.8, 4) is 0 Å². The Morgan fingerprint density at radius 3 is 2.21 bits per heavy atom. The lowest BCUT2D eigenvalue weighted by atomic mass is 10.0. The van der Waals surface area contributed by atoms with Crippen LogP contribution in [0, 0.1) is 5.21 Å². The summed E-state index contributed by atoms with van der Waals surface area (Å²) in [5.74, 6) is -0.258. The third-order valence-electron chi connectivity index (χ3n) is 3.42. The predicted molar refractivity (Wildman–Crippen MR) is 93.1 cm³/mol. The Hall–Kier alpha value is -2.98. The summed E-state index contributed by atoms with van der Waals surface area (Å²) >= 11 is 5.85. The number of carbonyl (C=O) groups excluding carboxylic acids is 1. The van der Waals surface area contributed by atoms with Gasteiger partial charge in [-0.2, -0.15) is 0 Å². The maximum atomic E-state index is 12.7. The molecule has 0 saturated carbocycles. The number of ketones is 1. The molecule has 118 valence electrons. The lowest BCUT2D eigenvalue weighted by Crippen LogP contribution is -2.05. The van der Waals surface area contributed by atoms with Gasteiger partial charge in [0.05, 0.1) is 5.56 Å². The second-order valence-electron chi connectivity index (χ2n) is 5.06. The molecule has 0 saturated heterocycles. The van der Waals surface area contributed by atoms with E-state index in [1.165, 1.54) is 0 Å². The van der Waals surface area contributed by atoms with Gasteiger partial charge in [-0.15, -0.1) is 0 Å². The predicted octanol–water partition coefficient (Wildman–Crippen LogP) is 5.50. The lowest BCUT2D eigenvalue weighted by molar-refractivity contribution is -0.435. The highest BCUT2D eigenvalue weighted by molar-refractivity contribution is 6.30. The molecule has 0 amide bonds. The Labute approximate surface area is 144 Å². The molecular formula is C19H13ClN2O2. The number of para-hydroxylation sites is 1. The SMILES string of the molecule is O=C(c1ccc(Cl)cc1)c1ccccc1[N+]([O-])=Nc1ccccc1. The van der Waals surface area contributed by atoms with Crippen LogP contribution in [0.15, 0.2) is 84.0 Å². The van der Waals surface area contributed by atoms with Crippen molar-refractivity contribution in [1.82, 2.24) is 0 Å². The molecule has 0 aliphatic rings. The van der Waals surface area contributed by atoms with E-state index >= 15 is 0 Å². The molecule has 0 fully saturated rings. The highest BCUT2D eigenvalue weighted by atomic mass is 35.5. The first-order chi connectivity index (χ1) is 11.6. The zero-order valence-corrected chi connectivity index (χ0v) is 13.4. The Kier molecular flexibility index (Phi) is 4.68. The number of rotatable bonds is 4. The normalized spacial score (nSPS) is 11.3. The zero-order valence-electron chi connectivity index (χ0n) is 12.6. The van der Waals surface area contributed by atoms with E-state index in [2.05, 4.69) is 5.11 Å². The maximum Gasteiger partial charge on any atom is 0.256 e. The van der Waals surface area contributed by atoms with E-state index < -0.39 is 0 Å². The van der Waals surface area contributed by atoms with E-state index in [1.54, 1.807) is 72.8 Å². The molecule has 0 atom stereocenters. The third-order valence-corrected chi connectivity index (χ3v) is 3.68. The summed E-state index contributed by atoms with van der Waals surface area (Å²) in [6, 6.07) is 22.0. The molecule has 0 N–H and O–H groups in total. The topological polar surface area (TPSA) is 55.5 Å². The fourth-order valence-electron chi connectivity index (χ4n) is 2.24. The second kappa shape index (κ2) is 7.06. The number of azo groups is 1. The van der Waals surface area contributed by atoms with Crippen molar-refractivity contribution in [1.29, 1.82) is 0 Å². The van der Waals surface area contributed by atoms with Crippen LogP contribution in [0.2, 0.25) is 5.02 Å². The van der Waals surface area contributed by atoms with E-state index in [-0.39, 0.29) is 17.0 Å². The summed E-state index contributed by atoms with van der Waals surface area (Å²) in [7, 11) is 0. The number of hydrogen-bond donors (Lipinski definition) is 0. The number of nitrogens with zero attached hydrogens (tertiary/aromatic N) is 2. The fourth-order valence-corrected chi connectivity index (χ4v) is 2.37. The van der Waals surface area contributed by atoms with Crippen molar-refractivity contribution in [2.24, 2.45) is 5.11 Å². The first-order valence-corrected chi connectivity index (χ1v) is 7.66. The van der Waals surface area contributed by atoms with Gasteiger partial charge in [0.1, 0.15) is 5.69 Å². The summed E-state index contributed by atoms with van der Waals surface area (Å²) in [5.41, 5.74) is 1.46. The molecule has 24 heavy (non-hydrogen) atoms. The third kappa shape index (κ3) is 3.50.